The number of ether oxygens (including phenoxy) is 1. The maximum atomic E-state index is 11.7. The van der Waals surface area contributed by atoms with Crippen LogP contribution in [0.1, 0.15) is 13.8 Å². The minimum Gasteiger partial charge on any atom is -0.377 e. The van der Waals surface area contributed by atoms with Crippen LogP contribution in [0.25, 0.3) is 11.0 Å². The Hall–Kier alpha value is -1.11. The SMILES string of the molecule is CC(C)OCCn1c(=S)[nH]c(=O)c2c1ccn2Cl. The summed E-state index contributed by atoms with van der Waals surface area (Å²) in [6.07, 6.45) is 1.78. The van der Waals surface area contributed by atoms with Crippen LogP contribution in [0.3, 0.4) is 0 Å². The molecule has 2 aromatic rings. The third-order valence-electron chi connectivity index (χ3n) is 2.56. The van der Waals surface area contributed by atoms with E-state index in [1.54, 1.807) is 12.3 Å². The number of hydrogen-bond acceptors (Lipinski definition) is 3. The molecule has 2 heterocycles. The van der Waals surface area contributed by atoms with Crippen molar-refractivity contribution < 1.29 is 4.74 Å². The molecular formula is C11H14ClN3O2S. The van der Waals surface area contributed by atoms with Crippen molar-refractivity contribution in [3.63, 3.8) is 0 Å². The highest BCUT2D eigenvalue weighted by atomic mass is 35.5. The molecule has 0 amide bonds. The van der Waals surface area contributed by atoms with Crippen molar-refractivity contribution in [1.29, 1.82) is 0 Å². The van der Waals surface area contributed by atoms with Crippen LogP contribution in [-0.2, 0) is 11.3 Å². The van der Waals surface area contributed by atoms with E-state index in [-0.39, 0.29) is 11.7 Å². The Morgan fingerprint density at radius 1 is 1.56 bits per heavy atom. The molecule has 0 aliphatic carbocycles. The van der Waals surface area contributed by atoms with Gasteiger partial charge < -0.3 is 9.30 Å². The Kier molecular flexibility index (Phi) is 3.89. The van der Waals surface area contributed by atoms with Gasteiger partial charge in [0.1, 0.15) is 5.52 Å². The monoisotopic (exact) mass is 287 g/mol. The summed E-state index contributed by atoms with van der Waals surface area (Å²) >= 11 is 11.1. The van der Waals surface area contributed by atoms with Crippen LogP contribution in [0.2, 0.25) is 0 Å². The van der Waals surface area contributed by atoms with Gasteiger partial charge in [0, 0.05) is 24.5 Å². The third kappa shape index (κ3) is 2.50. The molecule has 0 aliphatic rings. The first-order valence-electron chi connectivity index (χ1n) is 5.62. The first-order chi connectivity index (χ1) is 8.50. The van der Waals surface area contributed by atoms with Gasteiger partial charge in [0.25, 0.3) is 5.56 Å². The number of rotatable bonds is 4. The Morgan fingerprint density at radius 2 is 2.28 bits per heavy atom. The normalized spacial score (nSPS) is 11.6. The molecule has 0 spiro atoms. The molecule has 0 fully saturated rings. The molecule has 7 heteroatoms. The Morgan fingerprint density at radius 3 is 2.94 bits per heavy atom. The van der Waals surface area contributed by atoms with Crippen LogP contribution in [0, 0.1) is 4.77 Å². The number of aromatic nitrogens is 3. The topological polar surface area (TPSA) is 51.9 Å². The largest absolute Gasteiger partial charge is 0.377 e. The van der Waals surface area contributed by atoms with E-state index < -0.39 is 0 Å². The van der Waals surface area contributed by atoms with Gasteiger partial charge in [-0.05, 0) is 32.1 Å². The van der Waals surface area contributed by atoms with E-state index >= 15 is 0 Å². The maximum Gasteiger partial charge on any atom is 0.277 e. The second-order valence-corrected chi connectivity index (χ2v) is 4.94. The van der Waals surface area contributed by atoms with E-state index in [1.807, 2.05) is 18.4 Å². The quantitative estimate of drug-likeness (QED) is 0.878. The van der Waals surface area contributed by atoms with Crippen molar-refractivity contribution in [2.24, 2.45) is 0 Å². The van der Waals surface area contributed by atoms with E-state index in [0.717, 1.165) is 0 Å². The summed E-state index contributed by atoms with van der Waals surface area (Å²) in [5, 5.41) is 0. The van der Waals surface area contributed by atoms with Crippen molar-refractivity contribution in [2.75, 3.05) is 6.61 Å². The van der Waals surface area contributed by atoms with Crippen LogP contribution >= 0.6 is 24.0 Å². The highest BCUT2D eigenvalue weighted by molar-refractivity contribution is 7.71. The van der Waals surface area contributed by atoms with Crippen molar-refractivity contribution in [3.05, 3.63) is 27.4 Å². The van der Waals surface area contributed by atoms with Gasteiger partial charge in [-0.25, -0.2) is 0 Å². The van der Waals surface area contributed by atoms with E-state index in [2.05, 4.69) is 4.98 Å². The number of nitrogens with zero attached hydrogens (tertiary/aromatic N) is 2. The van der Waals surface area contributed by atoms with Gasteiger partial charge in [0.05, 0.1) is 18.2 Å². The molecule has 0 unspecified atom stereocenters. The number of fused-ring (bicyclic) bond motifs is 1. The molecule has 2 rings (SSSR count). The minimum atomic E-state index is -0.281. The van der Waals surface area contributed by atoms with Gasteiger partial charge in [-0.2, -0.15) is 0 Å². The third-order valence-corrected chi connectivity index (χ3v) is 3.16. The molecule has 0 aromatic carbocycles. The van der Waals surface area contributed by atoms with E-state index in [9.17, 15) is 4.79 Å². The van der Waals surface area contributed by atoms with Crippen LogP contribution < -0.4 is 5.56 Å². The van der Waals surface area contributed by atoms with Gasteiger partial charge in [0.2, 0.25) is 0 Å². The van der Waals surface area contributed by atoms with E-state index in [1.165, 1.54) is 4.09 Å². The fourth-order valence-corrected chi connectivity index (χ4v) is 2.27. The molecule has 0 radical (unpaired) electrons. The highest BCUT2D eigenvalue weighted by Crippen LogP contribution is 2.13. The lowest BCUT2D eigenvalue weighted by Gasteiger charge is -2.11. The zero-order valence-corrected chi connectivity index (χ0v) is 11.7. The Balaban J connectivity index is 2.44. The number of halogens is 1. The summed E-state index contributed by atoms with van der Waals surface area (Å²) in [5.41, 5.74) is 0.831. The summed E-state index contributed by atoms with van der Waals surface area (Å²) in [6.45, 7) is 5.04. The molecule has 0 saturated heterocycles. The summed E-state index contributed by atoms with van der Waals surface area (Å²) in [5.74, 6) is 0. The van der Waals surface area contributed by atoms with Crippen molar-refractivity contribution in [3.8, 4) is 0 Å². The average molecular weight is 288 g/mol. The predicted octanol–water partition coefficient (Wildman–Crippen LogP) is 2.29. The fourth-order valence-electron chi connectivity index (χ4n) is 1.76. The van der Waals surface area contributed by atoms with E-state index in [4.69, 9.17) is 28.7 Å². The van der Waals surface area contributed by atoms with Gasteiger partial charge in [0.15, 0.2) is 4.77 Å². The zero-order valence-electron chi connectivity index (χ0n) is 10.1. The molecule has 98 valence electrons. The number of H-pyrrole nitrogens is 1. The Labute approximate surface area is 114 Å². The molecule has 18 heavy (non-hydrogen) atoms. The zero-order chi connectivity index (χ0) is 13.3. The average Bonchev–Trinajstić information content (AvgIpc) is 2.65. The molecule has 5 nitrogen and oxygen atoms in total. The van der Waals surface area contributed by atoms with Gasteiger partial charge >= 0.3 is 0 Å². The first kappa shape index (κ1) is 13.3. The summed E-state index contributed by atoms with van der Waals surface area (Å²) in [7, 11) is 0. The van der Waals surface area contributed by atoms with Crippen LogP contribution in [0.5, 0.6) is 0 Å². The van der Waals surface area contributed by atoms with Crippen molar-refractivity contribution in [1.82, 2.24) is 13.6 Å². The fraction of sp³-hybridized carbons (Fsp3) is 0.455. The second-order valence-electron chi connectivity index (χ2n) is 4.19. The predicted molar refractivity (Wildman–Crippen MR) is 73.7 cm³/mol. The molecule has 0 aliphatic heterocycles. The summed E-state index contributed by atoms with van der Waals surface area (Å²) in [6, 6.07) is 1.77. The van der Waals surface area contributed by atoms with Gasteiger partial charge in [-0.3, -0.25) is 13.9 Å². The molecule has 0 atom stereocenters. The standard InChI is InChI=1S/C11H14ClN3O2S/c1-7(2)17-6-5-14-8-3-4-15(12)9(8)10(16)13-11(14)18/h3-4,7H,5-6H2,1-2H3,(H,13,16,18). The smallest absolute Gasteiger partial charge is 0.277 e. The van der Waals surface area contributed by atoms with Crippen molar-refractivity contribution >= 4 is 35.0 Å². The van der Waals surface area contributed by atoms with E-state index in [0.29, 0.717) is 29.0 Å². The lowest BCUT2D eigenvalue weighted by atomic mass is 10.4. The lowest BCUT2D eigenvalue weighted by Crippen LogP contribution is -2.18. The number of aromatic amines is 1. The summed E-state index contributed by atoms with van der Waals surface area (Å²) in [4.78, 5) is 14.4. The van der Waals surface area contributed by atoms with Gasteiger partial charge in [-0.1, -0.05) is 0 Å². The first-order valence-corrected chi connectivity index (χ1v) is 6.37. The van der Waals surface area contributed by atoms with Crippen LogP contribution in [0.15, 0.2) is 17.1 Å². The minimum absolute atomic E-state index is 0.162. The molecule has 0 bridgehead atoms. The second kappa shape index (κ2) is 5.26. The molecule has 2 aromatic heterocycles. The number of nitrogens with one attached hydrogen (secondary N) is 1. The maximum absolute atomic E-state index is 11.7. The molecule has 0 saturated carbocycles. The van der Waals surface area contributed by atoms with Gasteiger partial charge in [-0.15, -0.1) is 0 Å². The Bertz CT molecular complexity index is 671. The van der Waals surface area contributed by atoms with Crippen LogP contribution in [-0.4, -0.2) is 26.3 Å². The molecular weight excluding hydrogens is 274 g/mol. The molecule has 1 N–H and O–H groups in total. The number of hydrogen-bond donors (Lipinski definition) is 1. The van der Waals surface area contributed by atoms with Crippen LogP contribution in [0.4, 0.5) is 0 Å². The summed E-state index contributed by atoms with van der Waals surface area (Å²) < 4.78 is 8.94. The lowest BCUT2D eigenvalue weighted by molar-refractivity contribution is 0.0729. The van der Waals surface area contributed by atoms with Crippen molar-refractivity contribution in [2.45, 2.75) is 26.5 Å². The highest BCUT2D eigenvalue weighted by Gasteiger charge is 2.09.